The molecule has 0 atom stereocenters. The first kappa shape index (κ1) is 16.4. The fourth-order valence-corrected chi connectivity index (χ4v) is 3.29. The normalized spacial score (nSPS) is 10.9. The number of carbonyl (C=O) groups is 1. The van der Waals surface area contributed by atoms with E-state index in [1.807, 2.05) is 42.5 Å². The van der Waals surface area contributed by atoms with E-state index >= 15 is 0 Å². The van der Waals surface area contributed by atoms with Crippen LogP contribution < -0.4 is 5.32 Å². The van der Waals surface area contributed by atoms with E-state index in [0.717, 1.165) is 37.7 Å². The number of rotatable bonds is 5. The van der Waals surface area contributed by atoms with Crippen LogP contribution in [-0.4, -0.2) is 22.4 Å². The molecule has 0 bridgehead atoms. The molecule has 0 aliphatic heterocycles. The van der Waals surface area contributed by atoms with Gasteiger partial charge in [-0.1, -0.05) is 28.1 Å². The lowest BCUT2D eigenvalue weighted by molar-refractivity contribution is 0.0952. The first-order valence-corrected chi connectivity index (χ1v) is 9.17. The largest absolute Gasteiger partial charge is 0.352 e. The summed E-state index contributed by atoms with van der Waals surface area (Å²) in [4.78, 5) is 20.0. The number of aryl methyl sites for hydroxylation is 1. The Morgan fingerprint density at radius 3 is 2.91 bits per heavy atom. The Kier molecular flexibility index (Phi) is 5.32. The van der Waals surface area contributed by atoms with Gasteiger partial charge in [-0.3, -0.25) is 4.79 Å². The summed E-state index contributed by atoms with van der Waals surface area (Å²) in [5.74, 6) is 0.915. The highest BCUT2D eigenvalue weighted by Gasteiger charge is 2.10. The van der Waals surface area contributed by atoms with E-state index in [1.54, 1.807) is 0 Å². The van der Waals surface area contributed by atoms with Gasteiger partial charge >= 0.3 is 0 Å². The van der Waals surface area contributed by atoms with E-state index in [0.29, 0.717) is 12.1 Å². The summed E-state index contributed by atoms with van der Waals surface area (Å²) in [6, 6.07) is 13.7. The van der Waals surface area contributed by atoms with Crippen molar-refractivity contribution in [1.29, 1.82) is 0 Å². The molecule has 0 saturated carbocycles. The van der Waals surface area contributed by atoms with Gasteiger partial charge in [-0.15, -0.1) is 0 Å². The van der Waals surface area contributed by atoms with Crippen LogP contribution in [0.4, 0.5) is 0 Å². The average Bonchev–Trinajstić information content (AvgIpc) is 2.96. The highest BCUT2D eigenvalue weighted by Crippen LogP contribution is 2.18. The van der Waals surface area contributed by atoms with Crippen molar-refractivity contribution >= 4 is 55.5 Å². The SMILES string of the molecule is O=C(NCCCc1nc2ccccc2[nH]1)c1cc(Br)ccc1I. The third kappa shape index (κ3) is 4.11. The molecule has 0 spiro atoms. The molecule has 1 heterocycles. The minimum atomic E-state index is -0.0414. The van der Waals surface area contributed by atoms with E-state index in [4.69, 9.17) is 0 Å². The Bertz CT molecular complexity index is 814. The fourth-order valence-electron chi connectivity index (χ4n) is 2.35. The summed E-state index contributed by atoms with van der Waals surface area (Å²) in [7, 11) is 0. The number of hydrogen-bond donors (Lipinski definition) is 2. The van der Waals surface area contributed by atoms with E-state index in [1.165, 1.54) is 0 Å². The standard InChI is InChI=1S/C17H15BrIN3O/c18-11-7-8-13(19)12(10-11)17(23)20-9-3-6-16-21-14-4-1-2-5-15(14)22-16/h1-2,4-5,7-8,10H,3,6,9H2,(H,20,23)(H,21,22). The van der Waals surface area contributed by atoms with Crippen molar-refractivity contribution in [1.82, 2.24) is 15.3 Å². The number of benzene rings is 2. The quantitative estimate of drug-likeness (QED) is 0.420. The molecule has 0 radical (unpaired) electrons. The number of fused-ring (bicyclic) bond motifs is 1. The lowest BCUT2D eigenvalue weighted by Gasteiger charge is -2.07. The van der Waals surface area contributed by atoms with Gasteiger partial charge in [0.05, 0.1) is 16.6 Å². The number of carbonyl (C=O) groups excluding carboxylic acids is 1. The summed E-state index contributed by atoms with van der Waals surface area (Å²) >= 11 is 5.57. The molecular formula is C17H15BrIN3O. The van der Waals surface area contributed by atoms with Crippen LogP contribution in [0.2, 0.25) is 0 Å². The predicted octanol–water partition coefficient (Wildman–Crippen LogP) is 4.29. The Labute approximate surface area is 156 Å². The smallest absolute Gasteiger partial charge is 0.252 e. The Morgan fingerprint density at radius 2 is 2.09 bits per heavy atom. The summed E-state index contributed by atoms with van der Waals surface area (Å²) < 4.78 is 1.85. The zero-order chi connectivity index (χ0) is 16.2. The number of imidazole rings is 1. The summed E-state index contributed by atoms with van der Waals surface area (Å²) in [5, 5.41) is 2.96. The number of amides is 1. The monoisotopic (exact) mass is 483 g/mol. The van der Waals surface area contributed by atoms with E-state index < -0.39 is 0 Å². The first-order chi connectivity index (χ1) is 11.1. The zero-order valence-electron chi connectivity index (χ0n) is 12.3. The van der Waals surface area contributed by atoms with E-state index in [2.05, 4.69) is 53.8 Å². The highest BCUT2D eigenvalue weighted by atomic mass is 127. The van der Waals surface area contributed by atoms with Crippen LogP contribution in [0.15, 0.2) is 46.9 Å². The fraction of sp³-hybridized carbons (Fsp3) is 0.176. The second kappa shape index (κ2) is 7.44. The van der Waals surface area contributed by atoms with Gasteiger partial charge in [0.2, 0.25) is 0 Å². The van der Waals surface area contributed by atoms with Crippen LogP contribution in [0.3, 0.4) is 0 Å². The number of H-pyrrole nitrogens is 1. The molecule has 0 unspecified atom stereocenters. The molecule has 23 heavy (non-hydrogen) atoms. The van der Waals surface area contributed by atoms with Gasteiger partial charge in [-0.25, -0.2) is 4.98 Å². The molecular weight excluding hydrogens is 469 g/mol. The molecule has 1 amide bonds. The highest BCUT2D eigenvalue weighted by molar-refractivity contribution is 14.1. The number of nitrogens with one attached hydrogen (secondary N) is 2. The summed E-state index contributed by atoms with van der Waals surface area (Å²) in [5.41, 5.74) is 2.73. The average molecular weight is 484 g/mol. The number of para-hydroxylation sites is 2. The van der Waals surface area contributed by atoms with E-state index in [9.17, 15) is 4.79 Å². The Morgan fingerprint density at radius 1 is 1.26 bits per heavy atom. The number of aromatic nitrogens is 2. The van der Waals surface area contributed by atoms with Crippen LogP contribution >= 0.6 is 38.5 Å². The van der Waals surface area contributed by atoms with Gasteiger partial charge in [-0.2, -0.15) is 0 Å². The van der Waals surface area contributed by atoms with Gasteiger partial charge in [0.15, 0.2) is 0 Å². The molecule has 0 aliphatic rings. The molecule has 4 nitrogen and oxygen atoms in total. The van der Waals surface area contributed by atoms with Crippen LogP contribution in [0.5, 0.6) is 0 Å². The number of nitrogens with zero attached hydrogens (tertiary/aromatic N) is 1. The zero-order valence-corrected chi connectivity index (χ0v) is 16.0. The molecule has 0 saturated heterocycles. The minimum Gasteiger partial charge on any atom is -0.352 e. The topological polar surface area (TPSA) is 57.8 Å². The molecule has 118 valence electrons. The Hall–Kier alpha value is -1.41. The third-order valence-electron chi connectivity index (χ3n) is 3.49. The lowest BCUT2D eigenvalue weighted by atomic mass is 10.2. The van der Waals surface area contributed by atoms with Crippen LogP contribution in [-0.2, 0) is 6.42 Å². The molecule has 0 aliphatic carbocycles. The van der Waals surface area contributed by atoms with Crippen LogP contribution in [0, 0.1) is 3.57 Å². The molecule has 6 heteroatoms. The van der Waals surface area contributed by atoms with Gasteiger partial charge < -0.3 is 10.3 Å². The maximum absolute atomic E-state index is 12.2. The minimum absolute atomic E-state index is 0.0414. The van der Waals surface area contributed by atoms with E-state index in [-0.39, 0.29) is 5.91 Å². The lowest BCUT2D eigenvalue weighted by Crippen LogP contribution is -2.25. The molecule has 2 N–H and O–H groups in total. The van der Waals surface area contributed by atoms with Crippen molar-refractivity contribution in [2.45, 2.75) is 12.8 Å². The van der Waals surface area contributed by atoms with Gasteiger partial charge in [0, 0.05) is 21.0 Å². The molecule has 2 aromatic carbocycles. The summed E-state index contributed by atoms with van der Waals surface area (Å²) in [6.07, 6.45) is 1.65. The van der Waals surface area contributed by atoms with Gasteiger partial charge in [0.1, 0.15) is 5.82 Å². The van der Waals surface area contributed by atoms with Crippen molar-refractivity contribution in [2.24, 2.45) is 0 Å². The molecule has 3 aromatic rings. The number of hydrogen-bond acceptors (Lipinski definition) is 2. The maximum Gasteiger partial charge on any atom is 0.252 e. The van der Waals surface area contributed by atoms with Crippen molar-refractivity contribution in [3.63, 3.8) is 0 Å². The molecule has 1 aromatic heterocycles. The van der Waals surface area contributed by atoms with Crippen LogP contribution in [0.25, 0.3) is 11.0 Å². The first-order valence-electron chi connectivity index (χ1n) is 7.30. The Balaban J connectivity index is 1.53. The van der Waals surface area contributed by atoms with Crippen molar-refractivity contribution in [2.75, 3.05) is 6.54 Å². The molecule has 0 fully saturated rings. The number of halogens is 2. The van der Waals surface area contributed by atoms with Gasteiger partial charge in [0.25, 0.3) is 5.91 Å². The van der Waals surface area contributed by atoms with Crippen molar-refractivity contribution in [3.05, 3.63) is 61.9 Å². The number of aromatic amines is 1. The second-order valence-corrected chi connectivity index (χ2v) is 7.26. The van der Waals surface area contributed by atoms with Crippen molar-refractivity contribution < 1.29 is 4.79 Å². The second-order valence-electron chi connectivity index (χ2n) is 5.18. The molecule has 3 rings (SSSR count). The van der Waals surface area contributed by atoms with Gasteiger partial charge in [-0.05, 0) is 59.3 Å². The van der Waals surface area contributed by atoms with Crippen LogP contribution in [0.1, 0.15) is 22.6 Å². The predicted molar refractivity (Wildman–Crippen MR) is 104 cm³/mol. The van der Waals surface area contributed by atoms with Crippen molar-refractivity contribution in [3.8, 4) is 0 Å². The third-order valence-corrected chi connectivity index (χ3v) is 4.92. The maximum atomic E-state index is 12.2. The summed E-state index contributed by atoms with van der Waals surface area (Å²) in [6.45, 7) is 0.623.